The van der Waals surface area contributed by atoms with Crippen molar-refractivity contribution in [2.24, 2.45) is 7.05 Å². The molecule has 20 heavy (non-hydrogen) atoms. The normalized spacial score (nSPS) is 12.4. The molecule has 4 nitrogen and oxygen atoms in total. The molecule has 5 heteroatoms. The fourth-order valence-electron chi connectivity index (χ4n) is 2.27. The first-order valence-electron chi connectivity index (χ1n) is 6.68. The van der Waals surface area contributed by atoms with Crippen LogP contribution in [0.3, 0.4) is 0 Å². The van der Waals surface area contributed by atoms with Crippen LogP contribution in [0.15, 0.2) is 35.1 Å². The van der Waals surface area contributed by atoms with Crippen LogP contribution in [0.2, 0.25) is 0 Å². The number of aryl methyl sites for hydroxylation is 1. The van der Waals surface area contributed by atoms with E-state index in [4.69, 9.17) is 4.74 Å². The molecule has 0 aliphatic heterocycles. The third kappa shape index (κ3) is 3.41. The molecule has 1 unspecified atom stereocenters. The van der Waals surface area contributed by atoms with Crippen LogP contribution in [0.5, 0.6) is 5.75 Å². The van der Waals surface area contributed by atoms with E-state index in [9.17, 15) is 0 Å². The third-order valence-electron chi connectivity index (χ3n) is 3.30. The second-order valence-electron chi connectivity index (χ2n) is 4.67. The van der Waals surface area contributed by atoms with Gasteiger partial charge in [0, 0.05) is 23.9 Å². The van der Waals surface area contributed by atoms with Gasteiger partial charge in [-0.1, -0.05) is 22.9 Å². The summed E-state index contributed by atoms with van der Waals surface area (Å²) in [6.07, 6.45) is 4.66. The van der Waals surface area contributed by atoms with Crippen molar-refractivity contribution in [2.45, 2.75) is 19.4 Å². The van der Waals surface area contributed by atoms with Gasteiger partial charge in [0.15, 0.2) is 0 Å². The van der Waals surface area contributed by atoms with Crippen molar-refractivity contribution in [3.05, 3.63) is 46.5 Å². The lowest BCUT2D eigenvalue weighted by Gasteiger charge is -2.19. The molecule has 0 amide bonds. The van der Waals surface area contributed by atoms with Crippen LogP contribution in [-0.4, -0.2) is 23.2 Å². The van der Waals surface area contributed by atoms with Gasteiger partial charge in [0.2, 0.25) is 0 Å². The minimum Gasteiger partial charge on any atom is -0.497 e. The summed E-state index contributed by atoms with van der Waals surface area (Å²) >= 11 is 3.61. The summed E-state index contributed by atoms with van der Waals surface area (Å²) < 4.78 is 8.45. The number of hydrogen-bond acceptors (Lipinski definition) is 3. The van der Waals surface area contributed by atoms with Crippen LogP contribution in [0.1, 0.15) is 24.4 Å². The van der Waals surface area contributed by atoms with Gasteiger partial charge in [-0.25, -0.2) is 4.98 Å². The molecule has 2 rings (SSSR count). The number of methoxy groups -OCH3 is 1. The molecule has 0 spiro atoms. The maximum atomic E-state index is 5.30. The predicted octanol–water partition coefficient (Wildman–Crippen LogP) is 3.08. The Morgan fingerprint density at radius 3 is 2.85 bits per heavy atom. The molecule has 0 aliphatic carbocycles. The minimum absolute atomic E-state index is 0.184. The van der Waals surface area contributed by atoms with E-state index in [2.05, 4.69) is 43.8 Å². The van der Waals surface area contributed by atoms with Crippen molar-refractivity contribution in [3.8, 4) is 5.75 Å². The first kappa shape index (κ1) is 15.1. The maximum absolute atomic E-state index is 5.30. The van der Waals surface area contributed by atoms with E-state index in [1.807, 2.05) is 31.6 Å². The topological polar surface area (TPSA) is 39.1 Å². The summed E-state index contributed by atoms with van der Waals surface area (Å²) in [4.78, 5) is 4.46. The zero-order chi connectivity index (χ0) is 14.5. The van der Waals surface area contributed by atoms with E-state index in [0.717, 1.165) is 29.0 Å². The number of hydrogen-bond donors (Lipinski definition) is 1. The van der Waals surface area contributed by atoms with Crippen molar-refractivity contribution in [3.63, 3.8) is 0 Å². The standard InChI is InChI=1S/C15H20BrN3O/c1-4-17-14(15-18-7-8-19(15)2)10-11-9-12(20-3)5-6-13(11)16/h5-9,14,17H,4,10H2,1-3H3. The first-order valence-corrected chi connectivity index (χ1v) is 7.48. The quantitative estimate of drug-likeness (QED) is 0.880. The highest BCUT2D eigenvalue weighted by Gasteiger charge is 2.17. The van der Waals surface area contributed by atoms with Crippen LogP contribution < -0.4 is 10.1 Å². The van der Waals surface area contributed by atoms with Crippen molar-refractivity contribution < 1.29 is 4.74 Å². The Bertz CT molecular complexity index is 568. The molecule has 0 saturated carbocycles. The number of aromatic nitrogens is 2. The van der Waals surface area contributed by atoms with Gasteiger partial charge in [0.1, 0.15) is 11.6 Å². The summed E-state index contributed by atoms with van der Waals surface area (Å²) in [5, 5.41) is 3.49. The Morgan fingerprint density at radius 2 is 2.25 bits per heavy atom. The molecule has 0 radical (unpaired) electrons. The lowest BCUT2D eigenvalue weighted by molar-refractivity contribution is 0.413. The van der Waals surface area contributed by atoms with Crippen LogP contribution in [-0.2, 0) is 13.5 Å². The molecule has 1 aromatic carbocycles. The second-order valence-corrected chi connectivity index (χ2v) is 5.52. The molecule has 0 saturated heterocycles. The van der Waals surface area contributed by atoms with Crippen molar-refractivity contribution in [2.75, 3.05) is 13.7 Å². The average molecular weight is 338 g/mol. The Labute approximate surface area is 128 Å². The van der Waals surface area contributed by atoms with Crippen LogP contribution in [0, 0.1) is 0 Å². The first-order chi connectivity index (χ1) is 9.65. The highest BCUT2D eigenvalue weighted by atomic mass is 79.9. The molecular weight excluding hydrogens is 318 g/mol. The number of benzene rings is 1. The average Bonchev–Trinajstić information content (AvgIpc) is 2.86. The highest BCUT2D eigenvalue weighted by Crippen LogP contribution is 2.26. The molecule has 1 heterocycles. The molecular formula is C15H20BrN3O. The van der Waals surface area contributed by atoms with Crippen LogP contribution in [0.4, 0.5) is 0 Å². The predicted molar refractivity (Wildman–Crippen MR) is 84.0 cm³/mol. The minimum atomic E-state index is 0.184. The van der Waals surface area contributed by atoms with Crippen molar-refractivity contribution in [1.82, 2.24) is 14.9 Å². The Balaban J connectivity index is 2.26. The van der Waals surface area contributed by atoms with E-state index in [-0.39, 0.29) is 6.04 Å². The maximum Gasteiger partial charge on any atom is 0.125 e. The zero-order valence-electron chi connectivity index (χ0n) is 12.1. The lowest BCUT2D eigenvalue weighted by atomic mass is 10.0. The monoisotopic (exact) mass is 337 g/mol. The smallest absolute Gasteiger partial charge is 0.125 e. The molecule has 0 fully saturated rings. The number of imidazole rings is 1. The number of rotatable bonds is 6. The molecule has 108 valence electrons. The Hall–Kier alpha value is -1.33. The molecule has 1 N–H and O–H groups in total. The van der Waals surface area contributed by atoms with Crippen molar-refractivity contribution in [1.29, 1.82) is 0 Å². The van der Waals surface area contributed by atoms with E-state index in [1.54, 1.807) is 7.11 Å². The van der Waals surface area contributed by atoms with E-state index in [0.29, 0.717) is 0 Å². The van der Waals surface area contributed by atoms with E-state index >= 15 is 0 Å². The number of likely N-dealkylation sites (N-methyl/N-ethyl adjacent to an activating group) is 1. The summed E-state index contributed by atoms with van der Waals surface area (Å²) in [6, 6.07) is 6.23. The molecule has 1 atom stereocenters. The molecule has 1 aromatic heterocycles. The zero-order valence-corrected chi connectivity index (χ0v) is 13.6. The second kappa shape index (κ2) is 6.90. The fourth-order valence-corrected chi connectivity index (χ4v) is 2.68. The SMILES string of the molecule is CCNC(Cc1cc(OC)ccc1Br)c1nccn1C. The van der Waals surface area contributed by atoms with E-state index in [1.165, 1.54) is 5.56 Å². The van der Waals surface area contributed by atoms with Gasteiger partial charge in [-0.15, -0.1) is 0 Å². The summed E-state index contributed by atoms with van der Waals surface area (Å²) in [7, 11) is 3.71. The van der Waals surface area contributed by atoms with Gasteiger partial charge >= 0.3 is 0 Å². The number of nitrogens with one attached hydrogen (secondary N) is 1. The Morgan fingerprint density at radius 1 is 1.45 bits per heavy atom. The van der Waals surface area contributed by atoms with Gasteiger partial charge in [-0.3, -0.25) is 0 Å². The van der Waals surface area contributed by atoms with Gasteiger partial charge in [-0.05, 0) is 36.7 Å². The highest BCUT2D eigenvalue weighted by molar-refractivity contribution is 9.10. The van der Waals surface area contributed by atoms with Gasteiger partial charge in [0.05, 0.1) is 13.2 Å². The van der Waals surface area contributed by atoms with Gasteiger partial charge < -0.3 is 14.6 Å². The summed E-state index contributed by atoms with van der Waals surface area (Å²) in [5.74, 6) is 1.92. The van der Waals surface area contributed by atoms with Crippen LogP contribution in [0.25, 0.3) is 0 Å². The number of ether oxygens (including phenoxy) is 1. The molecule has 0 bridgehead atoms. The summed E-state index contributed by atoms with van der Waals surface area (Å²) in [5.41, 5.74) is 1.21. The number of nitrogens with zero attached hydrogens (tertiary/aromatic N) is 2. The van der Waals surface area contributed by atoms with Crippen LogP contribution >= 0.6 is 15.9 Å². The van der Waals surface area contributed by atoms with Gasteiger partial charge in [-0.2, -0.15) is 0 Å². The van der Waals surface area contributed by atoms with E-state index < -0.39 is 0 Å². The van der Waals surface area contributed by atoms with Crippen molar-refractivity contribution >= 4 is 15.9 Å². The summed E-state index contributed by atoms with van der Waals surface area (Å²) in [6.45, 7) is 3.01. The molecule has 0 aliphatic rings. The lowest BCUT2D eigenvalue weighted by Crippen LogP contribution is -2.25. The molecule has 2 aromatic rings. The van der Waals surface area contributed by atoms with Gasteiger partial charge in [0.25, 0.3) is 0 Å². The number of halogens is 1. The third-order valence-corrected chi connectivity index (χ3v) is 4.07. The largest absolute Gasteiger partial charge is 0.497 e. The fraction of sp³-hybridized carbons (Fsp3) is 0.400. The Kier molecular flexibility index (Phi) is 5.20.